The van der Waals surface area contributed by atoms with Crippen molar-refractivity contribution in [3.63, 3.8) is 0 Å². The molecule has 0 bridgehead atoms. The van der Waals surface area contributed by atoms with Crippen molar-refractivity contribution < 1.29 is 33.4 Å². The van der Waals surface area contributed by atoms with Gasteiger partial charge >= 0.3 is 11.9 Å². The third-order valence-electron chi connectivity index (χ3n) is 7.62. The molecule has 0 unspecified atom stereocenters. The first-order chi connectivity index (χ1) is 20.1. The Balaban J connectivity index is 2.06. The van der Waals surface area contributed by atoms with E-state index < -0.39 is 30.2 Å². The molecule has 2 heterocycles. The van der Waals surface area contributed by atoms with Gasteiger partial charge in [-0.1, -0.05) is 25.7 Å². The van der Waals surface area contributed by atoms with Crippen molar-refractivity contribution in [2.45, 2.75) is 93.5 Å². The Kier molecular flexibility index (Phi) is 11.8. The van der Waals surface area contributed by atoms with Crippen LogP contribution in [0.1, 0.15) is 102 Å². The van der Waals surface area contributed by atoms with Gasteiger partial charge < -0.3 is 19.1 Å². The highest BCUT2D eigenvalue weighted by atomic mass is 32.1. The molecule has 0 N–H and O–H groups in total. The van der Waals surface area contributed by atoms with Gasteiger partial charge in [-0.25, -0.2) is 4.79 Å². The van der Waals surface area contributed by atoms with Gasteiger partial charge in [0.1, 0.15) is 10.9 Å². The minimum Gasteiger partial charge on any atom is -0.427 e. The highest BCUT2D eigenvalue weighted by molar-refractivity contribution is 7.15. The number of hydrogen-bond acceptors (Lipinski definition) is 8. The zero-order valence-corrected chi connectivity index (χ0v) is 27.9. The number of rotatable bonds is 8. The first kappa shape index (κ1) is 34.6. The number of morpholine rings is 1. The molecule has 1 atom stereocenters. The Labute approximate surface area is 260 Å². The molecule has 43 heavy (non-hydrogen) atoms. The van der Waals surface area contributed by atoms with E-state index in [9.17, 15) is 19.2 Å². The zero-order valence-electron chi connectivity index (χ0n) is 27.0. The SMILES string of the molecule is CC[C@@H](C(=O)N1CCOCC1)N(c1cc(C#CC(C)(C)C)sc1C(=O)OCOC(=O)C(C)(C)C)C(=O)[C@H]1CC[C@H](C)CC1. The van der Waals surface area contributed by atoms with Crippen LogP contribution < -0.4 is 4.90 Å². The second kappa shape index (κ2) is 14.7. The number of esters is 2. The molecule has 1 saturated carbocycles. The standard InChI is InChI=1S/C33H48N2O7S/c1-9-25(29(37)34-16-18-40-19-17-34)35(28(36)23-12-10-22(2)11-13-23)26-20-24(14-15-32(3,4)5)43-27(26)30(38)41-21-42-31(39)33(6,7)8/h20,22-23,25H,9-13,16-19,21H2,1-8H3/t22-,23-,25-/m0/s1. The number of ether oxygens (including phenoxy) is 3. The Morgan fingerprint density at radius 3 is 2.23 bits per heavy atom. The van der Waals surface area contributed by atoms with Crippen molar-refractivity contribution in [3.8, 4) is 11.8 Å². The first-order valence-electron chi connectivity index (χ1n) is 15.3. The number of anilines is 1. The number of thiophene rings is 1. The van der Waals surface area contributed by atoms with Gasteiger partial charge in [0, 0.05) is 24.4 Å². The first-order valence-corrected chi connectivity index (χ1v) is 16.1. The molecule has 0 spiro atoms. The third kappa shape index (κ3) is 9.54. The zero-order chi connectivity index (χ0) is 31.9. The van der Waals surface area contributed by atoms with E-state index in [1.54, 1.807) is 31.7 Å². The molecule has 1 aliphatic carbocycles. The summed E-state index contributed by atoms with van der Waals surface area (Å²) in [6, 6.07) is 0.910. The van der Waals surface area contributed by atoms with Crippen molar-refractivity contribution in [1.82, 2.24) is 4.90 Å². The minimum absolute atomic E-state index is 0.149. The van der Waals surface area contributed by atoms with Crippen molar-refractivity contribution in [3.05, 3.63) is 15.8 Å². The minimum atomic E-state index is -0.812. The summed E-state index contributed by atoms with van der Waals surface area (Å²) in [6.45, 7) is 16.4. The van der Waals surface area contributed by atoms with E-state index in [0.29, 0.717) is 49.2 Å². The lowest BCUT2D eigenvalue weighted by molar-refractivity contribution is -0.161. The van der Waals surface area contributed by atoms with Gasteiger partial charge in [0.15, 0.2) is 0 Å². The largest absolute Gasteiger partial charge is 0.427 e. The highest BCUT2D eigenvalue weighted by Crippen LogP contribution is 2.37. The molecule has 10 heteroatoms. The van der Waals surface area contributed by atoms with Crippen LogP contribution in [0, 0.1) is 34.5 Å². The van der Waals surface area contributed by atoms with Crippen LogP contribution >= 0.6 is 11.3 Å². The van der Waals surface area contributed by atoms with Crippen LogP contribution in [0.4, 0.5) is 5.69 Å². The maximum atomic E-state index is 14.4. The van der Waals surface area contributed by atoms with Crippen LogP contribution in [-0.4, -0.2) is 67.8 Å². The van der Waals surface area contributed by atoms with Gasteiger partial charge in [-0.3, -0.25) is 19.3 Å². The Hall–Kier alpha value is -2.90. The average molecular weight is 617 g/mol. The van der Waals surface area contributed by atoms with E-state index in [-0.39, 0.29) is 28.0 Å². The quantitative estimate of drug-likeness (QED) is 0.211. The summed E-state index contributed by atoms with van der Waals surface area (Å²) in [5, 5.41) is 0. The van der Waals surface area contributed by atoms with Crippen molar-refractivity contribution in [2.75, 3.05) is 38.0 Å². The molecule has 2 aliphatic rings. The van der Waals surface area contributed by atoms with Crippen LogP contribution in [-0.2, 0) is 28.6 Å². The molecule has 1 saturated heterocycles. The van der Waals surface area contributed by atoms with E-state index in [1.807, 2.05) is 27.7 Å². The lowest BCUT2D eigenvalue weighted by atomic mass is 9.82. The molecule has 3 rings (SSSR count). The highest BCUT2D eigenvalue weighted by Gasteiger charge is 2.40. The van der Waals surface area contributed by atoms with E-state index in [2.05, 4.69) is 18.8 Å². The average Bonchev–Trinajstić information content (AvgIpc) is 3.38. The van der Waals surface area contributed by atoms with Gasteiger partial charge in [0.05, 0.1) is 29.2 Å². The number of hydrogen-bond donors (Lipinski definition) is 0. The number of carbonyl (C=O) groups excluding carboxylic acids is 4. The van der Waals surface area contributed by atoms with E-state index in [4.69, 9.17) is 14.2 Å². The Morgan fingerprint density at radius 2 is 1.67 bits per heavy atom. The van der Waals surface area contributed by atoms with E-state index in [1.165, 1.54) is 4.90 Å². The lowest BCUT2D eigenvalue weighted by Gasteiger charge is -2.38. The maximum Gasteiger partial charge on any atom is 0.353 e. The summed E-state index contributed by atoms with van der Waals surface area (Å²) >= 11 is 1.11. The molecule has 1 aliphatic heterocycles. The lowest BCUT2D eigenvalue weighted by Crippen LogP contribution is -2.55. The summed E-state index contributed by atoms with van der Waals surface area (Å²) in [6.07, 6.45) is 3.67. The summed E-state index contributed by atoms with van der Waals surface area (Å²) in [7, 11) is 0. The van der Waals surface area contributed by atoms with Crippen molar-refractivity contribution in [1.29, 1.82) is 0 Å². The molecule has 1 aromatic rings. The molecule has 2 fully saturated rings. The summed E-state index contributed by atoms with van der Waals surface area (Å²) in [5.74, 6) is 5.04. The van der Waals surface area contributed by atoms with Gasteiger partial charge in [-0.2, -0.15) is 0 Å². The normalized spacial score (nSPS) is 20.0. The monoisotopic (exact) mass is 616 g/mol. The van der Waals surface area contributed by atoms with Crippen molar-refractivity contribution >= 4 is 40.8 Å². The molecule has 0 radical (unpaired) electrons. The van der Waals surface area contributed by atoms with E-state index >= 15 is 0 Å². The molecule has 238 valence electrons. The van der Waals surface area contributed by atoms with Crippen LogP contribution in [0.25, 0.3) is 0 Å². The predicted molar refractivity (Wildman–Crippen MR) is 167 cm³/mol. The maximum absolute atomic E-state index is 14.4. The van der Waals surface area contributed by atoms with Gasteiger partial charge in [-0.05, 0) is 85.6 Å². The number of amides is 2. The van der Waals surface area contributed by atoms with Crippen LogP contribution in [0.5, 0.6) is 0 Å². The Bertz CT molecular complexity index is 1220. The molecule has 0 aromatic carbocycles. The molecular formula is C33H48N2O7S. The molecule has 1 aromatic heterocycles. The van der Waals surface area contributed by atoms with Gasteiger partial charge in [0.25, 0.3) is 0 Å². The predicted octanol–water partition coefficient (Wildman–Crippen LogP) is 5.65. The summed E-state index contributed by atoms with van der Waals surface area (Å²) in [4.78, 5) is 58.1. The fourth-order valence-electron chi connectivity index (χ4n) is 5.04. The Morgan fingerprint density at radius 1 is 1.05 bits per heavy atom. The van der Waals surface area contributed by atoms with Gasteiger partial charge in [0.2, 0.25) is 18.6 Å². The molecule has 2 amide bonds. The van der Waals surface area contributed by atoms with Crippen LogP contribution in [0.3, 0.4) is 0 Å². The number of nitrogens with zero attached hydrogens (tertiary/aromatic N) is 2. The molecule has 9 nitrogen and oxygen atoms in total. The van der Waals surface area contributed by atoms with Gasteiger partial charge in [-0.15, -0.1) is 11.3 Å². The van der Waals surface area contributed by atoms with Crippen LogP contribution in [0.2, 0.25) is 0 Å². The number of carbonyl (C=O) groups is 4. The van der Waals surface area contributed by atoms with E-state index in [0.717, 1.165) is 37.0 Å². The summed E-state index contributed by atoms with van der Waals surface area (Å²) in [5.41, 5.74) is -0.739. The second-order valence-corrected chi connectivity index (χ2v) is 14.6. The molecular weight excluding hydrogens is 568 g/mol. The van der Waals surface area contributed by atoms with Crippen LogP contribution in [0.15, 0.2) is 6.07 Å². The smallest absolute Gasteiger partial charge is 0.353 e. The fraction of sp³-hybridized carbons (Fsp3) is 0.697. The summed E-state index contributed by atoms with van der Waals surface area (Å²) < 4.78 is 16.0. The third-order valence-corrected chi connectivity index (χ3v) is 8.64. The van der Waals surface area contributed by atoms with Crippen molar-refractivity contribution in [2.24, 2.45) is 22.7 Å². The second-order valence-electron chi connectivity index (χ2n) is 13.6. The topological polar surface area (TPSA) is 102 Å². The fourth-order valence-corrected chi connectivity index (χ4v) is 5.94.